The fourth-order valence-electron chi connectivity index (χ4n) is 4.03. The molecule has 40 heavy (non-hydrogen) atoms. The van der Waals surface area contributed by atoms with Gasteiger partial charge < -0.3 is 34.4 Å². The molecule has 0 aliphatic carbocycles. The van der Waals surface area contributed by atoms with Gasteiger partial charge in [-0.1, -0.05) is 34.1 Å². The summed E-state index contributed by atoms with van der Waals surface area (Å²) in [5, 5.41) is 19.7. The summed E-state index contributed by atoms with van der Waals surface area (Å²) in [5.74, 6) is 1.36. The molecule has 0 fully saturated rings. The molecule has 2 amide bonds. The molecule has 0 spiro atoms. The number of halogens is 1. The molecule has 12 heteroatoms. The molecular weight excluding hydrogens is 584 g/mol. The van der Waals surface area contributed by atoms with Crippen LogP contribution in [-0.4, -0.2) is 49.9 Å². The number of hydrogen-bond donors (Lipinski definition) is 4. The summed E-state index contributed by atoms with van der Waals surface area (Å²) in [6.07, 6.45) is 0.317. The Hall–Kier alpha value is -4.29. The lowest BCUT2D eigenvalue weighted by molar-refractivity contribution is -0.136. The van der Waals surface area contributed by atoms with Crippen molar-refractivity contribution in [3.8, 4) is 22.8 Å². The van der Waals surface area contributed by atoms with Crippen molar-refractivity contribution >= 4 is 34.1 Å². The number of amides is 2. The van der Waals surface area contributed by atoms with Crippen LogP contribution in [0.4, 0.5) is 4.79 Å². The molecule has 0 radical (unpaired) electrons. The fourth-order valence-corrected chi connectivity index (χ4v) is 4.43. The number of hydrogen-bond acceptors (Lipinski definition) is 9. The topological polar surface area (TPSA) is 144 Å². The molecule has 0 saturated carbocycles. The van der Waals surface area contributed by atoms with Crippen LogP contribution in [0.25, 0.3) is 11.3 Å². The van der Waals surface area contributed by atoms with E-state index in [0.29, 0.717) is 40.9 Å². The third kappa shape index (κ3) is 7.01. The molecule has 1 aromatic heterocycles. The number of nitrogens with one attached hydrogen (secondary N) is 3. The summed E-state index contributed by atoms with van der Waals surface area (Å²) in [6.45, 7) is 3.64. The van der Waals surface area contributed by atoms with Crippen molar-refractivity contribution < 1.29 is 33.3 Å². The fraction of sp³-hybridized carbons (Fsp3) is 0.250. The number of hydrazone groups is 1. The van der Waals surface area contributed by atoms with Gasteiger partial charge in [-0.2, -0.15) is 5.10 Å². The number of carbonyl (C=O) groups is 2. The number of carbonyl (C=O) groups excluding carboxylic acids is 2. The second kappa shape index (κ2) is 13.2. The zero-order chi connectivity index (χ0) is 28.6. The highest BCUT2D eigenvalue weighted by atomic mass is 79.9. The number of methoxy groups -OCH3 is 1. The Morgan fingerprint density at radius 2 is 2.02 bits per heavy atom. The minimum absolute atomic E-state index is 0.144. The molecule has 210 valence electrons. The Morgan fingerprint density at radius 1 is 1.20 bits per heavy atom. The highest BCUT2D eigenvalue weighted by Crippen LogP contribution is 2.35. The largest absolute Gasteiger partial charge is 0.490 e. The van der Waals surface area contributed by atoms with Gasteiger partial charge >= 0.3 is 12.0 Å². The maximum Gasteiger partial charge on any atom is 0.337 e. The van der Waals surface area contributed by atoms with E-state index in [1.807, 2.05) is 37.3 Å². The van der Waals surface area contributed by atoms with E-state index in [9.17, 15) is 14.7 Å². The lowest BCUT2D eigenvalue weighted by Gasteiger charge is -2.28. The van der Waals surface area contributed by atoms with Crippen LogP contribution in [0.2, 0.25) is 0 Å². The number of allylic oxidation sites excluding steroid dienone is 1. The molecule has 2 heterocycles. The number of aliphatic hydroxyl groups is 1. The molecule has 1 aliphatic rings. The Labute approximate surface area is 239 Å². The second-order valence-electron chi connectivity index (χ2n) is 8.63. The molecule has 1 aliphatic heterocycles. The molecule has 11 nitrogen and oxygen atoms in total. The average Bonchev–Trinajstić information content (AvgIpc) is 3.41. The maximum absolute atomic E-state index is 12.4. The minimum atomic E-state index is -1.13. The molecule has 4 N–H and O–H groups in total. The molecule has 0 saturated heterocycles. The number of nitrogens with zero attached hydrogens (tertiary/aromatic N) is 1. The molecule has 4 rings (SSSR count). The van der Waals surface area contributed by atoms with Crippen LogP contribution < -0.4 is 25.5 Å². The van der Waals surface area contributed by atoms with Gasteiger partial charge in [0.25, 0.3) is 0 Å². The van der Waals surface area contributed by atoms with Crippen LogP contribution in [0.5, 0.6) is 11.5 Å². The van der Waals surface area contributed by atoms with Crippen molar-refractivity contribution in [2.75, 3.05) is 20.3 Å². The van der Waals surface area contributed by atoms with Crippen LogP contribution in [0.3, 0.4) is 0 Å². The van der Waals surface area contributed by atoms with E-state index in [1.54, 1.807) is 31.2 Å². The van der Waals surface area contributed by atoms with Gasteiger partial charge in [-0.05, 0) is 55.8 Å². The van der Waals surface area contributed by atoms with Crippen molar-refractivity contribution in [3.05, 3.63) is 81.7 Å². The number of urea groups is 1. The first-order valence-electron chi connectivity index (χ1n) is 12.4. The van der Waals surface area contributed by atoms with Gasteiger partial charge in [0.1, 0.15) is 18.1 Å². The van der Waals surface area contributed by atoms with Gasteiger partial charge in [0.05, 0.1) is 31.5 Å². The van der Waals surface area contributed by atoms with E-state index in [2.05, 4.69) is 37.1 Å². The van der Waals surface area contributed by atoms with E-state index < -0.39 is 24.3 Å². The summed E-state index contributed by atoms with van der Waals surface area (Å²) < 4.78 is 23.1. The van der Waals surface area contributed by atoms with Crippen LogP contribution in [0.15, 0.2) is 79.9 Å². The molecule has 3 aromatic rings. The first-order valence-corrected chi connectivity index (χ1v) is 13.2. The summed E-state index contributed by atoms with van der Waals surface area (Å²) >= 11 is 3.44. The smallest absolute Gasteiger partial charge is 0.337 e. The number of esters is 1. The number of benzene rings is 2. The monoisotopic (exact) mass is 612 g/mol. The molecule has 0 unspecified atom stereocenters. The Bertz CT molecular complexity index is 1440. The lowest BCUT2D eigenvalue weighted by atomic mass is 9.95. The summed E-state index contributed by atoms with van der Waals surface area (Å²) in [7, 11) is 1.28. The minimum Gasteiger partial charge on any atom is -0.490 e. The summed E-state index contributed by atoms with van der Waals surface area (Å²) in [4.78, 5) is 24.5. The average molecular weight is 613 g/mol. The predicted octanol–water partition coefficient (Wildman–Crippen LogP) is 4.23. The maximum atomic E-state index is 12.4. The van der Waals surface area contributed by atoms with Gasteiger partial charge in [0.2, 0.25) is 0 Å². The highest BCUT2D eigenvalue weighted by Gasteiger charge is 2.32. The van der Waals surface area contributed by atoms with Crippen LogP contribution >= 0.6 is 15.9 Å². The van der Waals surface area contributed by atoms with Crippen LogP contribution in [0.1, 0.15) is 31.2 Å². The lowest BCUT2D eigenvalue weighted by Crippen LogP contribution is -2.45. The van der Waals surface area contributed by atoms with Crippen molar-refractivity contribution in [2.45, 2.75) is 26.1 Å². The van der Waals surface area contributed by atoms with Crippen molar-refractivity contribution in [2.24, 2.45) is 5.10 Å². The zero-order valence-corrected chi connectivity index (χ0v) is 23.7. The van der Waals surface area contributed by atoms with E-state index in [4.69, 9.17) is 18.6 Å². The first-order chi connectivity index (χ1) is 19.3. The second-order valence-corrected chi connectivity index (χ2v) is 9.54. The van der Waals surface area contributed by atoms with Gasteiger partial charge in [0.15, 0.2) is 17.7 Å². The zero-order valence-electron chi connectivity index (χ0n) is 22.1. The Kier molecular flexibility index (Phi) is 9.46. The quantitative estimate of drug-likeness (QED) is 0.109. The number of ether oxygens (including phenoxy) is 3. The Morgan fingerprint density at radius 3 is 2.77 bits per heavy atom. The molecule has 0 bridgehead atoms. The summed E-state index contributed by atoms with van der Waals surface area (Å²) in [6, 6.07) is 15.2. The van der Waals surface area contributed by atoms with Gasteiger partial charge in [0, 0.05) is 15.7 Å². The van der Waals surface area contributed by atoms with E-state index in [1.165, 1.54) is 13.3 Å². The van der Waals surface area contributed by atoms with E-state index >= 15 is 0 Å². The van der Waals surface area contributed by atoms with E-state index in [0.717, 1.165) is 10.0 Å². The first kappa shape index (κ1) is 28.7. The standard InChI is InChI=1S/C28H29BrN4O7/c1-4-38-23-13-18(26-25(27(35)37-3)16(2)31-28(36)32-26)8-10-22(23)39-15-24(34)33-30-14-20-9-11-21(40-20)17-6-5-7-19(29)12-17/h5-14,24,26,33-34H,4,15H2,1-3H3,(H2,31,32,36)/b30-14+/t24-,26+/m1/s1. The number of rotatable bonds is 11. The molecular formula is C28H29BrN4O7. The van der Waals surface area contributed by atoms with Crippen LogP contribution in [0, 0.1) is 0 Å². The van der Waals surface area contributed by atoms with Crippen molar-refractivity contribution in [1.29, 1.82) is 0 Å². The third-order valence-electron chi connectivity index (χ3n) is 5.82. The van der Waals surface area contributed by atoms with E-state index in [-0.39, 0.29) is 12.2 Å². The molecule has 2 aromatic carbocycles. The van der Waals surface area contributed by atoms with Crippen molar-refractivity contribution in [1.82, 2.24) is 16.1 Å². The van der Waals surface area contributed by atoms with Gasteiger partial charge in [-0.15, -0.1) is 0 Å². The van der Waals surface area contributed by atoms with Crippen molar-refractivity contribution in [3.63, 3.8) is 0 Å². The van der Waals surface area contributed by atoms with Crippen LogP contribution in [-0.2, 0) is 9.53 Å². The number of aliphatic hydroxyl groups excluding tert-OH is 1. The molecule has 2 atom stereocenters. The highest BCUT2D eigenvalue weighted by molar-refractivity contribution is 9.10. The number of furan rings is 1. The third-order valence-corrected chi connectivity index (χ3v) is 6.32. The van der Waals surface area contributed by atoms with Gasteiger partial charge in [-0.25, -0.2) is 9.59 Å². The normalized spacial score (nSPS) is 15.8. The predicted molar refractivity (Wildman–Crippen MR) is 151 cm³/mol. The summed E-state index contributed by atoms with van der Waals surface area (Å²) in [5.41, 5.74) is 4.77. The van der Waals surface area contributed by atoms with Gasteiger partial charge in [-0.3, -0.25) is 5.43 Å². The Balaban J connectivity index is 1.39. The SMILES string of the molecule is CCOc1cc([C@@H]2NC(=O)NC(C)=C2C(=O)OC)ccc1OC[C@@H](O)N/N=C/c1ccc(-c2cccc(Br)c2)o1.